The molecule has 0 saturated carbocycles. The third-order valence-electron chi connectivity index (χ3n) is 0.847. The molecular weight excluding hydrogens is 433 g/mol. The molecule has 1 aromatic heterocycles. The van der Waals surface area contributed by atoms with Crippen LogP contribution in [-0.4, -0.2) is 13.0 Å². The normalized spacial score (nSPS) is 10.7. The molecule has 0 amide bonds. The summed E-state index contributed by atoms with van der Waals surface area (Å²) < 4.78 is 40.6. The van der Waals surface area contributed by atoms with Crippen molar-refractivity contribution in [1.82, 2.24) is 0 Å². The van der Waals surface area contributed by atoms with Crippen LogP contribution in [0.1, 0.15) is 0 Å². The van der Waals surface area contributed by atoms with Crippen LogP contribution in [0.2, 0.25) is 0 Å². The van der Waals surface area contributed by atoms with Crippen LogP contribution in [0.25, 0.3) is 0 Å². The summed E-state index contributed by atoms with van der Waals surface area (Å²) in [5.74, 6) is 0. The van der Waals surface area contributed by atoms with Gasteiger partial charge in [0.05, 0.1) is 0 Å². The van der Waals surface area contributed by atoms with Crippen molar-refractivity contribution in [1.29, 1.82) is 0 Å². The first kappa shape index (κ1) is 14.9. The molecule has 0 aliphatic rings. The smallest absolute Gasteiger partial charge is 0.277 e. The van der Waals surface area contributed by atoms with Crippen LogP contribution in [-0.2, 0) is 17.6 Å². The Labute approximate surface area is 110 Å². The lowest BCUT2D eigenvalue weighted by atomic mass is 10.8. The fraction of sp³-hybridized carbons (Fsp3) is 0.250. The van der Waals surface area contributed by atoms with Gasteiger partial charge in [-0.25, -0.2) is 8.42 Å². The first-order valence-electron chi connectivity index (χ1n) is 2.78. The molecule has 0 bridgehead atoms. The van der Waals surface area contributed by atoms with Crippen molar-refractivity contribution in [3.05, 3.63) is 12.9 Å². The Bertz CT molecular complexity index is 387. The summed E-state index contributed by atoms with van der Waals surface area (Å²) in [5.41, 5.74) is 0. The van der Waals surface area contributed by atoms with E-state index in [1.807, 2.05) is 11.0 Å². The van der Waals surface area contributed by atoms with Gasteiger partial charge < -0.3 is 4.55 Å². The molecule has 1 rings (SSSR count). The minimum Gasteiger partial charge on any atom is -0.722 e. The topological polar surface area (TPSA) is 61.1 Å². The molecule has 0 saturated heterocycles. The Hall–Kier alpha value is 0.910. The highest BCUT2D eigenvalue weighted by Crippen LogP contribution is 2.31. The summed E-state index contributed by atoms with van der Waals surface area (Å²) in [5, 5.41) is 0. The summed E-state index contributed by atoms with van der Waals surface area (Å²) in [6.45, 7) is 0. The van der Waals surface area contributed by atoms with Gasteiger partial charge in [-0.15, -0.1) is 7.84 Å². The van der Waals surface area contributed by atoms with E-state index in [0.717, 1.165) is 12.9 Å². The Morgan fingerprint density at radius 1 is 1.43 bits per heavy atom. The third kappa shape index (κ3) is 6.40. The van der Waals surface area contributed by atoms with Gasteiger partial charge in [-0.3, -0.25) is 0 Å². The Kier molecular flexibility index (Phi) is 6.23. The molecule has 0 N–H and O–H groups in total. The quantitative estimate of drug-likeness (QED) is 0.357. The lowest BCUT2D eigenvalue weighted by molar-refractivity contribution is -0.612. The summed E-state index contributed by atoms with van der Waals surface area (Å²) in [6, 6.07) is 0. The Morgan fingerprint density at radius 2 is 1.79 bits per heavy atom. The van der Waals surface area contributed by atoms with Crippen LogP contribution in [0.5, 0.6) is 0 Å². The molecule has 10 heteroatoms. The van der Waals surface area contributed by atoms with Gasteiger partial charge in [0.15, 0.2) is 22.4 Å². The minimum atomic E-state index is -5.42. The molecule has 82 valence electrons. The molecule has 14 heavy (non-hydrogen) atoms. The number of aromatic nitrogens is 1. The van der Waals surface area contributed by atoms with E-state index in [2.05, 4.69) is 47.8 Å². The van der Waals surface area contributed by atoms with Crippen LogP contribution in [0.3, 0.4) is 0 Å². The van der Waals surface area contributed by atoms with Crippen LogP contribution in [0, 0.1) is 0 Å². The van der Waals surface area contributed by atoms with Gasteiger partial charge in [0, 0.05) is 15.9 Å². The van der Waals surface area contributed by atoms with E-state index in [9.17, 15) is 3.89 Å². The van der Waals surface area contributed by atoms with Crippen molar-refractivity contribution < 1.29 is 20.8 Å². The van der Waals surface area contributed by atoms with Crippen molar-refractivity contribution in [2.45, 2.75) is 0 Å². The van der Waals surface area contributed by atoms with Crippen LogP contribution in [0.15, 0.2) is 12.9 Å². The van der Waals surface area contributed by atoms with Crippen molar-refractivity contribution in [3.8, 4) is 0 Å². The zero-order valence-electron chi connectivity index (χ0n) is 6.50. The average molecular weight is 436 g/mol. The maximum absolute atomic E-state index is 10.1. The molecule has 0 atom stereocenters. The number of rotatable bonds is 0. The van der Waals surface area contributed by atoms with E-state index in [4.69, 9.17) is 13.0 Å². The third-order valence-corrected chi connectivity index (χ3v) is 5.76. The number of halogens is 4. The standard InChI is InChI=1S/C4H3Br3NS.FHO3S/c1-8-3(6)2(5)4(7)9-8;1-5(2,3)4/h1H3;(H,2,3,4)/q+1;/p-1. The number of hydrogen-bond donors (Lipinski definition) is 0. The molecule has 0 unspecified atom stereocenters. The molecule has 1 aromatic rings. The van der Waals surface area contributed by atoms with E-state index in [0.29, 0.717) is 0 Å². The zero-order valence-corrected chi connectivity index (χ0v) is 12.9. The second kappa shape index (κ2) is 5.85. The first-order valence-corrected chi connectivity index (χ1v) is 7.24. The van der Waals surface area contributed by atoms with Gasteiger partial charge in [0.25, 0.3) is 15.1 Å². The van der Waals surface area contributed by atoms with Gasteiger partial charge in [-0.05, 0) is 31.9 Å². The maximum atomic E-state index is 10.1. The molecular formula is C4H3Br3FNO3S2. The van der Waals surface area contributed by atoms with Crippen molar-refractivity contribution in [2.75, 3.05) is 0 Å². The molecule has 0 fully saturated rings. The average Bonchev–Trinajstić information content (AvgIpc) is 2.14. The molecule has 4 nitrogen and oxygen atoms in total. The maximum Gasteiger partial charge on any atom is 0.277 e. The van der Waals surface area contributed by atoms with E-state index in [1.165, 1.54) is 0 Å². The molecule has 1 heterocycles. The first-order chi connectivity index (χ1) is 6.13. The van der Waals surface area contributed by atoms with E-state index < -0.39 is 10.5 Å². The fourth-order valence-corrected chi connectivity index (χ4v) is 3.26. The summed E-state index contributed by atoms with van der Waals surface area (Å²) >= 11 is 11.8. The molecule has 0 aromatic carbocycles. The SMILES string of the molecule is C[n+]1sc(Br)c(Br)c1Br.O=S(=O)([O-])F. The molecule has 0 radical (unpaired) electrons. The summed E-state index contributed by atoms with van der Waals surface area (Å²) in [4.78, 5) is 0. The molecule has 0 spiro atoms. The fourth-order valence-electron chi connectivity index (χ4n) is 0.420. The van der Waals surface area contributed by atoms with E-state index in [1.54, 1.807) is 11.5 Å². The van der Waals surface area contributed by atoms with Gasteiger partial charge in [0.2, 0.25) is 0 Å². The zero-order chi connectivity index (χ0) is 11.5. The number of nitrogens with zero attached hydrogens (tertiary/aromatic N) is 1. The van der Waals surface area contributed by atoms with Crippen molar-refractivity contribution in [3.63, 3.8) is 0 Å². The van der Waals surface area contributed by atoms with E-state index >= 15 is 0 Å². The number of aryl methyl sites for hydroxylation is 1. The van der Waals surface area contributed by atoms with Crippen LogP contribution >= 0.6 is 59.3 Å². The van der Waals surface area contributed by atoms with Crippen LogP contribution in [0.4, 0.5) is 3.89 Å². The highest BCUT2D eigenvalue weighted by Gasteiger charge is 2.16. The lowest BCUT2D eigenvalue weighted by Gasteiger charge is -1.84. The van der Waals surface area contributed by atoms with Gasteiger partial charge in [-0.2, -0.15) is 0 Å². The minimum absolute atomic E-state index is 1.07. The predicted molar refractivity (Wildman–Crippen MR) is 59.4 cm³/mol. The Balaban J connectivity index is 0.000000292. The van der Waals surface area contributed by atoms with Gasteiger partial charge in [-0.1, -0.05) is 0 Å². The second-order valence-corrected chi connectivity index (χ2v) is 6.65. The number of hydrogen-bond acceptors (Lipinski definition) is 4. The highest BCUT2D eigenvalue weighted by atomic mass is 79.9. The summed E-state index contributed by atoms with van der Waals surface area (Å²) in [7, 11) is -3.43. The monoisotopic (exact) mass is 433 g/mol. The largest absolute Gasteiger partial charge is 0.722 e. The predicted octanol–water partition coefficient (Wildman–Crippen LogP) is 2.28. The second-order valence-electron chi connectivity index (χ2n) is 1.86. The van der Waals surface area contributed by atoms with Gasteiger partial charge in [0.1, 0.15) is 4.47 Å². The van der Waals surface area contributed by atoms with Gasteiger partial charge >= 0.3 is 0 Å². The lowest BCUT2D eigenvalue weighted by Crippen LogP contribution is -2.22. The van der Waals surface area contributed by atoms with Crippen molar-refractivity contribution >= 4 is 69.8 Å². The van der Waals surface area contributed by atoms with E-state index in [-0.39, 0.29) is 0 Å². The Morgan fingerprint density at radius 3 is 1.86 bits per heavy atom. The summed E-state index contributed by atoms with van der Waals surface area (Å²) in [6.07, 6.45) is 0. The molecule has 0 aliphatic carbocycles. The van der Waals surface area contributed by atoms with Crippen LogP contribution < -0.4 is 3.96 Å². The van der Waals surface area contributed by atoms with Crippen molar-refractivity contribution in [2.24, 2.45) is 7.05 Å². The highest BCUT2D eigenvalue weighted by molar-refractivity contribution is 9.14. The molecule has 0 aliphatic heterocycles.